The zero-order chi connectivity index (χ0) is 31.6. The van der Waals surface area contributed by atoms with E-state index in [1.165, 1.54) is 30.3 Å². The first-order valence-corrected chi connectivity index (χ1v) is 13.2. The normalized spacial score (nSPS) is 12.9. The Balaban J connectivity index is 1.44. The van der Waals surface area contributed by atoms with Crippen LogP contribution in [0.15, 0.2) is 67.0 Å². The molecule has 2 aromatic carbocycles. The third-order valence-corrected chi connectivity index (χ3v) is 6.78. The number of carbonyl (C=O) groups excluding carboxylic acids is 3. The van der Waals surface area contributed by atoms with Gasteiger partial charge in [-0.15, -0.1) is 0 Å². The van der Waals surface area contributed by atoms with Crippen molar-refractivity contribution < 1.29 is 32.3 Å². The molecule has 0 spiro atoms. The zero-order valence-electron chi connectivity index (χ0n) is 23.8. The monoisotopic (exact) mass is 605 g/mol. The molecule has 3 amide bonds. The second-order valence-electron chi connectivity index (χ2n) is 9.92. The molecule has 0 atom stereocenters. The molecule has 3 heterocycles. The van der Waals surface area contributed by atoms with E-state index in [4.69, 9.17) is 4.74 Å². The smallest absolute Gasteiger partial charge is 0.416 e. The number of aromatic nitrogens is 3. The van der Waals surface area contributed by atoms with Gasteiger partial charge in [0, 0.05) is 28.7 Å². The molecule has 1 aliphatic heterocycles. The van der Waals surface area contributed by atoms with Crippen LogP contribution in [-0.4, -0.2) is 46.5 Å². The Morgan fingerprint density at radius 2 is 1.77 bits per heavy atom. The Labute approximate surface area is 249 Å². The van der Waals surface area contributed by atoms with Gasteiger partial charge < -0.3 is 15.4 Å². The average Bonchev–Trinajstić information content (AvgIpc) is 3.00. The summed E-state index contributed by atoms with van der Waals surface area (Å²) < 4.78 is 44.3. The third kappa shape index (κ3) is 6.43. The van der Waals surface area contributed by atoms with Crippen LogP contribution in [0, 0.1) is 13.8 Å². The lowest BCUT2D eigenvalue weighted by molar-refractivity contribution is -0.139. The molecule has 0 bridgehead atoms. The van der Waals surface area contributed by atoms with Crippen LogP contribution in [-0.2, 0) is 22.3 Å². The van der Waals surface area contributed by atoms with Crippen LogP contribution in [0.1, 0.15) is 32.7 Å². The predicted octanol–water partition coefficient (Wildman–Crippen LogP) is 5.62. The fourth-order valence-electron chi connectivity index (χ4n) is 4.49. The summed E-state index contributed by atoms with van der Waals surface area (Å²) in [5, 5.41) is 5.63. The summed E-state index contributed by atoms with van der Waals surface area (Å²) in [5.41, 5.74) is 2.14. The lowest BCUT2D eigenvalue weighted by Crippen LogP contribution is -2.50. The number of nitrogens with zero attached hydrogens (tertiary/aromatic N) is 5. The minimum absolute atomic E-state index is 0.0318. The van der Waals surface area contributed by atoms with Crippen LogP contribution in [0.2, 0.25) is 0 Å². The molecule has 14 heteroatoms. The first kappa shape index (κ1) is 29.9. The summed E-state index contributed by atoms with van der Waals surface area (Å²) in [7, 11) is 1.20. The summed E-state index contributed by atoms with van der Waals surface area (Å²) in [6.45, 7) is 3.19. The molecule has 11 nitrogen and oxygen atoms in total. The van der Waals surface area contributed by atoms with Crippen molar-refractivity contribution in [3.63, 3.8) is 0 Å². The molecule has 44 heavy (non-hydrogen) atoms. The topological polar surface area (TPSA) is 130 Å². The summed E-state index contributed by atoms with van der Waals surface area (Å²) in [4.78, 5) is 54.7. The highest BCUT2D eigenvalue weighted by Gasteiger charge is 2.35. The molecular formula is C30H26F3N7O4. The molecule has 0 unspecified atom stereocenters. The van der Waals surface area contributed by atoms with Crippen molar-refractivity contribution in [1.29, 1.82) is 0 Å². The largest absolute Gasteiger partial charge is 0.468 e. The lowest BCUT2D eigenvalue weighted by Gasteiger charge is -2.36. The molecule has 0 saturated heterocycles. The number of anilines is 5. The van der Waals surface area contributed by atoms with Crippen molar-refractivity contribution in [1.82, 2.24) is 15.0 Å². The number of rotatable bonds is 7. The van der Waals surface area contributed by atoms with Crippen molar-refractivity contribution in [2.24, 2.45) is 0 Å². The standard InChI is InChI=1S/C30H26F3N7O4/c1-17-7-9-22(36-27(42)19-5-4-6-21(11-19)30(31,32)33)12-24(17)39-15-20-13-35-28(37-23-10-8-18(2)34-14-23)38-26(20)40(29(39)43)16-25(41)44-3/h4-14H,15-16H2,1-3H3,(H,36,42)(H,35,37,38). The summed E-state index contributed by atoms with van der Waals surface area (Å²) in [5.74, 6) is -1.05. The number of carbonyl (C=O) groups is 3. The second kappa shape index (κ2) is 12.0. The predicted molar refractivity (Wildman–Crippen MR) is 156 cm³/mol. The first-order valence-electron chi connectivity index (χ1n) is 13.2. The maximum Gasteiger partial charge on any atom is 0.416 e. The number of halogens is 3. The molecule has 0 radical (unpaired) electrons. The minimum Gasteiger partial charge on any atom is -0.468 e. The van der Waals surface area contributed by atoms with Crippen LogP contribution >= 0.6 is 0 Å². The number of hydrogen-bond donors (Lipinski definition) is 2. The van der Waals surface area contributed by atoms with Crippen LogP contribution < -0.4 is 20.4 Å². The van der Waals surface area contributed by atoms with Gasteiger partial charge in [0.25, 0.3) is 5.91 Å². The number of benzene rings is 2. The number of urea groups is 1. The van der Waals surface area contributed by atoms with Crippen molar-refractivity contribution >= 4 is 46.7 Å². The zero-order valence-corrected chi connectivity index (χ0v) is 23.8. The van der Waals surface area contributed by atoms with E-state index < -0.39 is 36.2 Å². The van der Waals surface area contributed by atoms with Crippen LogP contribution in [0.3, 0.4) is 0 Å². The Morgan fingerprint density at radius 1 is 1.00 bits per heavy atom. The number of alkyl halides is 3. The van der Waals surface area contributed by atoms with Gasteiger partial charge in [0.2, 0.25) is 5.95 Å². The van der Waals surface area contributed by atoms with E-state index in [0.29, 0.717) is 22.5 Å². The van der Waals surface area contributed by atoms with Gasteiger partial charge in [-0.05, 0) is 61.9 Å². The number of hydrogen-bond acceptors (Lipinski definition) is 8. The molecule has 4 aromatic rings. The van der Waals surface area contributed by atoms with E-state index in [2.05, 4.69) is 25.6 Å². The van der Waals surface area contributed by atoms with Gasteiger partial charge in [-0.25, -0.2) is 9.78 Å². The molecule has 0 aliphatic carbocycles. The molecule has 2 N–H and O–H groups in total. The van der Waals surface area contributed by atoms with Crippen LogP contribution in [0.5, 0.6) is 0 Å². The minimum atomic E-state index is -4.60. The SMILES string of the molecule is COC(=O)CN1C(=O)N(c2cc(NC(=O)c3cccc(C(F)(F)F)c3)ccc2C)Cc2cnc(Nc3ccc(C)nc3)nc21. The molecular weight excluding hydrogens is 579 g/mol. The second-order valence-corrected chi connectivity index (χ2v) is 9.92. The van der Waals surface area contributed by atoms with Crippen molar-refractivity contribution in [2.75, 3.05) is 34.1 Å². The Morgan fingerprint density at radius 3 is 2.48 bits per heavy atom. The Hall–Kier alpha value is -5.53. The number of pyridine rings is 1. The third-order valence-electron chi connectivity index (χ3n) is 6.78. The number of esters is 1. The number of nitrogens with one attached hydrogen (secondary N) is 2. The lowest BCUT2D eigenvalue weighted by atomic mass is 10.1. The van der Waals surface area contributed by atoms with E-state index >= 15 is 0 Å². The molecule has 5 rings (SSSR count). The highest BCUT2D eigenvalue weighted by molar-refractivity contribution is 6.09. The van der Waals surface area contributed by atoms with E-state index in [0.717, 1.165) is 28.8 Å². The number of methoxy groups -OCH3 is 1. The quantitative estimate of drug-likeness (QED) is 0.260. The van der Waals surface area contributed by atoms with Gasteiger partial charge in [-0.1, -0.05) is 12.1 Å². The first-order chi connectivity index (χ1) is 20.9. The fourth-order valence-corrected chi connectivity index (χ4v) is 4.49. The summed E-state index contributed by atoms with van der Waals surface area (Å²) in [6.07, 6.45) is -1.46. The van der Waals surface area contributed by atoms with Crippen LogP contribution in [0.4, 0.5) is 46.8 Å². The summed E-state index contributed by atoms with van der Waals surface area (Å²) in [6, 6.07) is 11.8. The van der Waals surface area contributed by atoms with Crippen molar-refractivity contribution in [3.8, 4) is 0 Å². The molecule has 0 saturated carbocycles. The summed E-state index contributed by atoms with van der Waals surface area (Å²) >= 11 is 0. The van der Waals surface area contributed by atoms with Gasteiger partial charge >= 0.3 is 18.2 Å². The number of ether oxygens (including phenoxy) is 1. The molecule has 2 aromatic heterocycles. The highest BCUT2D eigenvalue weighted by atomic mass is 19.4. The van der Waals surface area contributed by atoms with E-state index in [9.17, 15) is 27.6 Å². The van der Waals surface area contributed by atoms with E-state index in [1.54, 1.807) is 31.3 Å². The van der Waals surface area contributed by atoms with Gasteiger partial charge in [-0.2, -0.15) is 18.2 Å². The van der Waals surface area contributed by atoms with Crippen molar-refractivity contribution in [2.45, 2.75) is 26.6 Å². The van der Waals surface area contributed by atoms with Crippen LogP contribution in [0.25, 0.3) is 0 Å². The molecule has 226 valence electrons. The maximum atomic E-state index is 13.8. The van der Waals surface area contributed by atoms with E-state index in [-0.39, 0.29) is 29.6 Å². The number of amides is 3. The molecule has 0 fully saturated rings. The fraction of sp³-hybridized carbons (Fsp3) is 0.200. The average molecular weight is 606 g/mol. The van der Waals surface area contributed by atoms with Crippen molar-refractivity contribution in [3.05, 3.63) is 94.9 Å². The van der Waals surface area contributed by atoms with Gasteiger partial charge in [-0.3, -0.25) is 24.4 Å². The number of aryl methyl sites for hydroxylation is 2. The van der Waals surface area contributed by atoms with E-state index in [1.807, 2.05) is 13.0 Å². The number of fused-ring (bicyclic) bond motifs is 1. The van der Waals surface area contributed by atoms with Gasteiger partial charge in [0.1, 0.15) is 12.4 Å². The van der Waals surface area contributed by atoms with Gasteiger partial charge in [0.05, 0.1) is 36.8 Å². The van der Waals surface area contributed by atoms with Gasteiger partial charge in [0.15, 0.2) is 0 Å². The Kier molecular flexibility index (Phi) is 8.16. The highest BCUT2D eigenvalue weighted by Crippen LogP contribution is 2.34. The Bertz CT molecular complexity index is 1750. The molecule has 1 aliphatic rings. The maximum absolute atomic E-state index is 13.8.